The Morgan fingerprint density at radius 3 is 0.844 bits per heavy atom. The fourth-order valence-corrected chi connectivity index (χ4v) is 9.95. The highest BCUT2D eigenvalue weighted by molar-refractivity contribution is 5.70. The Bertz CT molecular complexity index is 1400. The van der Waals surface area contributed by atoms with E-state index in [0.29, 0.717) is 12.8 Å². The summed E-state index contributed by atoms with van der Waals surface area (Å²) in [5, 5.41) is 9.69. The van der Waals surface area contributed by atoms with Crippen molar-refractivity contribution in [3.8, 4) is 0 Å². The quantitative estimate of drug-likeness (QED) is 0.0373. The molecule has 0 aliphatic rings. The Hall–Kier alpha value is -2.92. The molecule has 77 heavy (non-hydrogen) atoms. The number of aliphatic hydroxyl groups excluding tert-OH is 1. The van der Waals surface area contributed by atoms with Gasteiger partial charge in [0.2, 0.25) is 0 Å². The van der Waals surface area contributed by atoms with Crippen LogP contribution in [-0.4, -0.2) is 36.4 Å². The largest absolute Gasteiger partial charge is 0.462 e. The molecule has 0 bridgehead atoms. The van der Waals surface area contributed by atoms with Crippen LogP contribution in [0.15, 0.2) is 85.1 Å². The first-order chi connectivity index (χ1) is 38.1. The molecule has 0 amide bonds. The number of hydrogen-bond donors (Lipinski definition) is 1. The number of hydrogen-bond acceptors (Lipinski definition) is 5. The van der Waals surface area contributed by atoms with Crippen LogP contribution in [0.5, 0.6) is 0 Å². The van der Waals surface area contributed by atoms with Crippen LogP contribution in [-0.2, 0) is 19.1 Å². The topological polar surface area (TPSA) is 72.8 Å². The van der Waals surface area contributed by atoms with E-state index in [4.69, 9.17) is 9.47 Å². The number of rotatable bonds is 62. The minimum Gasteiger partial charge on any atom is -0.462 e. The number of esters is 2. The Kier molecular flexibility index (Phi) is 64.8. The smallest absolute Gasteiger partial charge is 0.306 e. The summed E-state index contributed by atoms with van der Waals surface area (Å²) in [6.45, 7) is 4.06. The van der Waals surface area contributed by atoms with Crippen LogP contribution in [0, 0.1) is 0 Å². The van der Waals surface area contributed by atoms with Gasteiger partial charge in [-0.25, -0.2) is 0 Å². The molecule has 1 unspecified atom stereocenters. The molecule has 0 aliphatic carbocycles. The van der Waals surface area contributed by atoms with Crippen LogP contribution in [0.2, 0.25) is 0 Å². The van der Waals surface area contributed by atoms with Crippen molar-refractivity contribution in [2.45, 2.75) is 347 Å². The summed E-state index contributed by atoms with van der Waals surface area (Å²) in [4.78, 5) is 24.6. The van der Waals surface area contributed by atoms with Crippen LogP contribution in [0.4, 0.5) is 0 Å². The zero-order valence-electron chi connectivity index (χ0n) is 51.2. The molecule has 0 rings (SSSR count). The number of carbonyl (C=O) groups is 2. The van der Waals surface area contributed by atoms with E-state index >= 15 is 0 Å². The molecule has 0 saturated heterocycles. The first-order valence-corrected chi connectivity index (χ1v) is 33.6. The van der Waals surface area contributed by atoms with Gasteiger partial charge in [-0.05, 0) is 70.6 Å². The van der Waals surface area contributed by atoms with Gasteiger partial charge >= 0.3 is 11.9 Å². The summed E-state index contributed by atoms with van der Waals surface area (Å²) in [5.74, 6) is -0.593. The molecule has 0 fully saturated rings. The highest BCUT2D eigenvalue weighted by atomic mass is 16.6. The van der Waals surface area contributed by atoms with Crippen LogP contribution in [0.25, 0.3) is 0 Å². The Labute approximate surface area is 479 Å². The maximum Gasteiger partial charge on any atom is 0.306 e. The molecule has 5 heteroatoms. The van der Waals surface area contributed by atoms with Crippen molar-refractivity contribution in [1.29, 1.82) is 0 Å². The molecule has 5 nitrogen and oxygen atoms in total. The van der Waals surface area contributed by atoms with Gasteiger partial charge in [0.1, 0.15) is 6.61 Å². The third-order valence-electron chi connectivity index (χ3n) is 15.0. The molecule has 0 radical (unpaired) electrons. The first kappa shape index (κ1) is 74.1. The molecule has 0 heterocycles. The summed E-state index contributed by atoms with van der Waals surface area (Å²) in [6.07, 6.45) is 94.6. The molecule has 0 aliphatic heterocycles. The number of ether oxygens (including phenoxy) is 2. The summed E-state index contributed by atoms with van der Waals surface area (Å²) < 4.78 is 10.7. The monoisotopic (exact) mass is 1070 g/mol. The van der Waals surface area contributed by atoms with Crippen LogP contribution >= 0.6 is 0 Å². The fraction of sp³-hybridized carbons (Fsp3) is 0.778. The molecule has 1 atom stereocenters. The van der Waals surface area contributed by atoms with Gasteiger partial charge in [-0.15, -0.1) is 0 Å². The van der Waals surface area contributed by atoms with Crippen LogP contribution in [0.3, 0.4) is 0 Å². The molecule has 1 N–H and O–H groups in total. The minimum atomic E-state index is -0.783. The van der Waals surface area contributed by atoms with E-state index < -0.39 is 6.10 Å². The second kappa shape index (κ2) is 67.4. The second-order valence-corrected chi connectivity index (χ2v) is 22.5. The van der Waals surface area contributed by atoms with E-state index in [1.54, 1.807) is 0 Å². The highest BCUT2D eigenvalue weighted by Crippen LogP contribution is 2.18. The van der Waals surface area contributed by atoms with Gasteiger partial charge < -0.3 is 14.6 Å². The average molecular weight is 1070 g/mol. The van der Waals surface area contributed by atoms with Gasteiger partial charge in [0.25, 0.3) is 0 Å². The molecule has 0 aromatic rings. The predicted octanol–water partition coefficient (Wildman–Crippen LogP) is 23.3. The summed E-state index contributed by atoms with van der Waals surface area (Å²) >= 11 is 0. The third kappa shape index (κ3) is 65.5. The Morgan fingerprint density at radius 2 is 0.558 bits per heavy atom. The molecular weight excluding hydrogens is 945 g/mol. The number of allylic oxidation sites excluding steroid dienone is 14. The van der Waals surface area contributed by atoms with E-state index in [1.165, 1.54) is 225 Å². The van der Waals surface area contributed by atoms with Crippen LogP contribution < -0.4 is 0 Å². The van der Waals surface area contributed by atoms with Crippen molar-refractivity contribution in [3.63, 3.8) is 0 Å². The molecule has 0 saturated carbocycles. The van der Waals surface area contributed by atoms with Gasteiger partial charge in [0.05, 0.1) is 6.61 Å². The molecule has 0 aromatic carbocycles. The van der Waals surface area contributed by atoms with Gasteiger partial charge in [-0.1, -0.05) is 343 Å². The molecule has 0 aromatic heterocycles. The zero-order valence-corrected chi connectivity index (χ0v) is 51.2. The van der Waals surface area contributed by atoms with Gasteiger partial charge in [-0.3, -0.25) is 9.59 Å². The predicted molar refractivity (Wildman–Crippen MR) is 339 cm³/mol. The van der Waals surface area contributed by atoms with E-state index in [-0.39, 0.29) is 25.2 Å². The Balaban J connectivity index is 3.46. The van der Waals surface area contributed by atoms with E-state index in [9.17, 15) is 14.7 Å². The second-order valence-electron chi connectivity index (χ2n) is 22.5. The van der Waals surface area contributed by atoms with Crippen molar-refractivity contribution < 1.29 is 24.2 Å². The van der Waals surface area contributed by atoms with Crippen molar-refractivity contribution in [1.82, 2.24) is 0 Å². The maximum absolute atomic E-state index is 12.3. The summed E-state index contributed by atoms with van der Waals surface area (Å²) in [7, 11) is 0. The molecule has 446 valence electrons. The van der Waals surface area contributed by atoms with Crippen LogP contribution in [0.1, 0.15) is 341 Å². The lowest BCUT2D eigenvalue weighted by atomic mass is 10.0. The van der Waals surface area contributed by atoms with Gasteiger partial charge in [0, 0.05) is 12.8 Å². The normalized spacial score (nSPS) is 12.7. The minimum absolute atomic E-state index is 0.0710. The number of carbonyl (C=O) groups excluding carboxylic acids is 2. The van der Waals surface area contributed by atoms with Crippen molar-refractivity contribution >= 4 is 11.9 Å². The SMILES string of the molecule is CC/C=C\C/C=C\C/C=C\C/C=C\C/C=C\C/C=C\C/C=C\CCCCCCCCCC(=O)OC(CO)COC(=O)CCCCCCCCCCCCCCCCCCCCCCCCCCCCCCCCCCCC. The van der Waals surface area contributed by atoms with E-state index in [0.717, 1.165) is 89.9 Å². The van der Waals surface area contributed by atoms with Crippen molar-refractivity contribution in [2.24, 2.45) is 0 Å². The zero-order chi connectivity index (χ0) is 55.5. The molecule has 0 spiro atoms. The lowest BCUT2D eigenvalue weighted by Crippen LogP contribution is -2.28. The standard InChI is InChI=1S/C72H128O5/c1-3-5-7-9-11-13-15-17-19-21-23-25-27-29-31-33-34-35-36-37-39-40-42-44-46-48-50-52-54-56-58-60-62-64-66-71(74)76-69-70(68-73)77-72(75)67-65-63-61-59-57-55-53-51-49-47-45-43-41-38-32-30-28-26-24-22-20-18-16-14-12-10-8-6-4-2/h6,8,12,14,18,20,24,26,30,32,41,43,47,49,70,73H,3-5,7,9-11,13,15-17,19,21-23,25,27-29,31,33-40,42,44-46,48,50-69H2,1-2H3/b8-6-,14-12-,20-18-,26-24-,32-30-,43-41-,49-47-. The van der Waals surface area contributed by atoms with E-state index in [1.807, 2.05) is 0 Å². The van der Waals surface area contributed by atoms with Crippen molar-refractivity contribution in [3.05, 3.63) is 85.1 Å². The maximum atomic E-state index is 12.3. The first-order valence-electron chi connectivity index (χ1n) is 33.6. The highest BCUT2D eigenvalue weighted by Gasteiger charge is 2.16. The summed E-state index contributed by atoms with van der Waals surface area (Å²) in [5.41, 5.74) is 0. The molecular formula is C72H128O5. The van der Waals surface area contributed by atoms with E-state index in [2.05, 4.69) is 98.9 Å². The van der Waals surface area contributed by atoms with Gasteiger partial charge in [0.15, 0.2) is 6.10 Å². The lowest BCUT2D eigenvalue weighted by molar-refractivity contribution is -0.161. The average Bonchev–Trinajstić information content (AvgIpc) is 3.43. The Morgan fingerprint density at radius 1 is 0.312 bits per heavy atom. The van der Waals surface area contributed by atoms with Gasteiger partial charge in [-0.2, -0.15) is 0 Å². The summed E-state index contributed by atoms with van der Waals surface area (Å²) in [6, 6.07) is 0. The fourth-order valence-electron chi connectivity index (χ4n) is 9.95. The number of unbranched alkanes of at least 4 members (excludes halogenated alkanes) is 40. The third-order valence-corrected chi connectivity index (χ3v) is 15.0. The number of aliphatic hydroxyl groups is 1. The lowest BCUT2D eigenvalue weighted by Gasteiger charge is -2.15. The van der Waals surface area contributed by atoms with Crippen molar-refractivity contribution in [2.75, 3.05) is 13.2 Å².